The second kappa shape index (κ2) is 5.51. The monoisotopic (exact) mass is 310 g/mol. The van der Waals surface area contributed by atoms with Crippen molar-refractivity contribution in [2.24, 2.45) is 0 Å². The molecular formula is C15H16Cl2N2O. The van der Waals surface area contributed by atoms with Gasteiger partial charge in [-0.05, 0) is 17.0 Å². The van der Waals surface area contributed by atoms with Crippen molar-refractivity contribution in [3.8, 4) is 11.6 Å². The maximum Gasteiger partial charge on any atom is 0.219 e. The Labute approximate surface area is 128 Å². The molecule has 0 atom stereocenters. The smallest absolute Gasteiger partial charge is 0.219 e. The number of pyridine rings is 1. The molecule has 0 spiro atoms. The highest BCUT2D eigenvalue weighted by Crippen LogP contribution is 2.34. The number of halogens is 2. The number of rotatable bonds is 2. The molecule has 0 radical (unpaired) electrons. The fourth-order valence-electron chi connectivity index (χ4n) is 1.63. The van der Waals surface area contributed by atoms with Gasteiger partial charge in [0, 0.05) is 18.3 Å². The van der Waals surface area contributed by atoms with E-state index in [-0.39, 0.29) is 5.41 Å². The van der Waals surface area contributed by atoms with Gasteiger partial charge in [-0.1, -0.05) is 50.0 Å². The van der Waals surface area contributed by atoms with Crippen molar-refractivity contribution < 1.29 is 4.74 Å². The lowest BCUT2D eigenvalue weighted by Crippen LogP contribution is -2.11. The van der Waals surface area contributed by atoms with Crippen molar-refractivity contribution >= 4 is 28.9 Å². The zero-order valence-corrected chi connectivity index (χ0v) is 13.1. The predicted molar refractivity (Wildman–Crippen MR) is 83.9 cm³/mol. The van der Waals surface area contributed by atoms with Gasteiger partial charge in [0.1, 0.15) is 0 Å². The lowest BCUT2D eigenvalue weighted by atomic mass is 9.88. The quantitative estimate of drug-likeness (QED) is 0.789. The van der Waals surface area contributed by atoms with Gasteiger partial charge in [-0.15, -0.1) is 0 Å². The summed E-state index contributed by atoms with van der Waals surface area (Å²) in [6.07, 6.45) is 1.79. The minimum atomic E-state index is 0.0497. The molecule has 0 saturated carbocycles. The van der Waals surface area contributed by atoms with Crippen LogP contribution in [0.4, 0.5) is 5.69 Å². The van der Waals surface area contributed by atoms with Crippen LogP contribution in [-0.4, -0.2) is 4.98 Å². The summed E-state index contributed by atoms with van der Waals surface area (Å²) in [5.74, 6) is 0.901. The van der Waals surface area contributed by atoms with Gasteiger partial charge in [0.15, 0.2) is 5.75 Å². The van der Waals surface area contributed by atoms with Gasteiger partial charge in [0.25, 0.3) is 0 Å². The summed E-state index contributed by atoms with van der Waals surface area (Å²) in [7, 11) is 0. The molecule has 0 bridgehead atoms. The number of nitrogens with zero attached hydrogens (tertiary/aromatic N) is 1. The Balaban J connectivity index is 2.25. The summed E-state index contributed by atoms with van der Waals surface area (Å²) < 4.78 is 5.63. The largest absolute Gasteiger partial charge is 0.437 e. The van der Waals surface area contributed by atoms with Gasteiger partial charge in [-0.3, -0.25) is 0 Å². The van der Waals surface area contributed by atoms with E-state index in [1.165, 1.54) is 0 Å². The molecule has 2 rings (SSSR count). The van der Waals surface area contributed by atoms with E-state index < -0.39 is 0 Å². The normalized spacial score (nSPS) is 11.4. The molecule has 0 fully saturated rings. The average Bonchev–Trinajstić information content (AvgIpc) is 2.35. The van der Waals surface area contributed by atoms with Crippen molar-refractivity contribution in [2.75, 3.05) is 5.73 Å². The minimum Gasteiger partial charge on any atom is -0.437 e. The topological polar surface area (TPSA) is 48.1 Å². The third-order valence-corrected chi connectivity index (χ3v) is 3.59. The Morgan fingerprint density at radius 3 is 2.30 bits per heavy atom. The van der Waals surface area contributed by atoms with Crippen LogP contribution in [0.15, 0.2) is 30.5 Å². The van der Waals surface area contributed by atoms with Crippen LogP contribution in [0.1, 0.15) is 26.3 Å². The third kappa shape index (κ3) is 3.35. The number of ether oxygens (including phenoxy) is 1. The van der Waals surface area contributed by atoms with E-state index in [9.17, 15) is 0 Å². The summed E-state index contributed by atoms with van der Waals surface area (Å²) in [6, 6.07) is 6.93. The van der Waals surface area contributed by atoms with Crippen LogP contribution in [0.5, 0.6) is 11.6 Å². The van der Waals surface area contributed by atoms with E-state index in [0.717, 1.165) is 5.56 Å². The standard InChI is InChI=1S/C15H16Cl2N2O/c1-15(2,3)9-4-5-14(19-8-9)20-13-7-11(17)10(16)6-12(13)18/h4-8H,18H2,1-3H3. The van der Waals surface area contributed by atoms with E-state index >= 15 is 0 Å². The van der Waals surface area contributed by atoms with Crippen molar-refractivity contribution in [3.05, 3.63) is 46.1 Å². The number of nitrogens with two attached hydrogens (primary N) is 1. The van der Waals surface area contributed by atoms with Gasteiger partial charge in [-0.25, -0.2) is 4.98 Å². The minimum absolute atomic E-state index is 0.0497. The second-order valence-electron chi connectivity index (χ2n) is 5.54. The maximum absolute atomic E-state index is 5.95. The van der Waals surface area contributed by atoms with E-state index in [0.29, 0.717) is 27.4 Å². The Hall–Kier alpha value is -1.45. The highest BCUT2D eigenvalue weighted by Gasteiger charge is 2.14. The summed E-state index contributed by atoms with van der Waals surface area (Å²) in [5.41, 5.74) is 7.44. The molecule has 106 valence electrons. The van der Waals surface area contributed by atoms with Crippen LogP contribution < -0.4 is 10.5 Å². The van der Waals surface area contributed by atoms with Gasteiger partial charge in [-0.2, -0.15) is 0 Å². The van der Waals surface area contributed by atoms with Crippen molar-refractivity contribution in [1.82, 2.24) is 4.98 Å². The fourth-order valence-corrected chi connectivity index (χ4v) is 1.96. The molecule has 20 heavy (non-hydrogen) atoms. The molecule has 0 aliphatic heterocycles. The molecule has 0 unspecified atom stereocenters. The Bertz CT molecular complexity index is 619. The average molecular weight is 311 g/mol. The highest BCUT2D eigenvalue weighted by molar-refractivity contribution is 6.42. The molecule has 1 aromatic heterocycles. The predicted octanol–water partition coefficient (Wildman–Crippen LogP) is 5.06. The molecule has 2 aromatic rings. The zero-order chi connectivity index (χ0) is 14.9. The first-order chi connectivity index (χ1) is 9.27. The molecule has 1 heterocycles. The fraction of sp³-hybridized carbons (Fsp3) is 0.267. The van der Waals surface area contributed by atoms with Gasteiger partial charge in [0.05, 0.1) is 15.7 Å². The Morgan fingerprint density at radius 2 is 1.75 bits per heavy atom. The van der Waals surface area contributed by atoms with Crippen LogP contribution in [0, 0.1) is 0 Å². The van der Waals surface area contributed by atoms with Crippen LogP contribution in [0.3, 0.4) is 0 Å². The van der Waals surface area contributed by atoms with Crippen LogP contribution >= 0.6 is 23.2 Å². The highest BCUT2D eigenvalue weighted by atomic mass is 35.5. The second-order valence-corrected chi connectivity index (χ2v) is 6.36. The molecule has 1 aromatic carbocycles. The molecule has 0 amide bonds. The van der Waals surface area contributed by atoms with Crippen LogP contribution in [0.25, 0.3) is 0 Å². The third-order valence-electron chi connectivity index (χ3n) is 2.87. The Kier molecular flexibility index (Phi) is 4.11. The summed E-state index contributed by atoms with van der Waals surface area (Å²) >= 11 is 11.8. The Morgan fingerprint density at radius 1 is 1.10 bits per heavy atom. The number of anilines is 1. The molecule has 0 aliphatic carbocycles. The van der Waals surface area contributed by atoms with Crippen molar-refractivity contribution in [3.63, 3.8) is 0 Å². The molecule has 0 saturated heterocycles. The molecule has 3 nitrogen and oxygen atoms in total. The number of hydrogen-bond donors (Lipinski definition) is 1. The van der Waals surface area contributed by atoms with E-state index in [2.05, 4.69) is 25.8 Å². The van der Waals surface area contributed by atoms with Crippen LogP contribution in [-0.2, 0) is 5.41 Å². The van der Waals surface area contributed by atoms with Gasteiger partial charge in [0.2, 0.25) is 5.88 Å². The maximum atomic E-state index is 5.95. The first-order valence-corrected chi connectivity index (χ1v) is 6.92. The summed E-state index contributed by atoms with van der Waals surface area (Å²) in [4.78, 5) is 4.28. The zero-order valence-electron chi connectivity index (χ0n) is 11.6. The molecule has 5 heteroatoms. The lowest BCUT2D eigenvalue weighted by molar-refractivity contribution is 0.463. The molecule has 0 aliphatic rings. The lowest BCUT2D eigenvalue weighted by Gasteiger charge is -2.18. The number of nitrogen functional groups attached to an aromatic ring is 1. The van der Waals surface area contributed by atoms with Gasteiger partial charge < -0.3 is 10.5 Å². The first-order valence-electron chi connectivity index (χ1n) is 6.16. The first kappa shape index (κ1) is 14.9. The van der Waals surface area contributed by atoms with Crippen molar-refractivity contribution in [1.29, 1.82) is 0 Å². The SMILES string of the molecule is CC(C)(C)c1ccc(Oc2cc(Cl)c(Cl)cc2N)nc1. The van der Waals surface area contributed by atoms with E-state index in [4.69, 9.17) is 33.7 Å². The van der Waals surface area contributed by atoms with E-state index in [1.54, 1.807) is 18.3 Å². The van der Waals surface area contributed by atoms with Gasteiger partial charge >= 0.3 is 0 Å². The molecular weight excluding hydrogens is 295 g/mol. The number of hydrogen-bond acceptors (Lipinski definition) is 3. The van der Waals surface area contributed by atoms with E-state index in [1.807, 2.05) is 12.1 Å². The number of aromatic nitrogens is 1. The summed E-state index contributed by atoms with van der Waals surface area (Å²) in [5, 5.41) is 0.787. The van der Waals surface area contributed by atoms with Crippen molar-refractivity contribution in [2.45, 2.75) is 26.2 Å². The molecule has 2 N–H and O–H groups in total. The summed E-state index contributed by atoms with van der Waals surface area (Å²) in [6.45, 7) is 6.38. The number of benzene rings is 1. The van der Waals surface area contributed by atoms with Crippen LogP contribution in [0.2, 0.25) is 10.0 Å².